The minimum Gasteiger partial charge on any atom is -0.441 e. The average Bonchev–Trinajstić information content (AvgIpc) is 3.25. The summed E-state index contributed by atoms with van der Waals surface area (Å²) in [5.74, 6) is 2.43. The molecule has 174 valence electrons. The van der Waals surface area contributed by atoms with Crippen molar-refractivity contribution in [3.05, 3.63) is 66.1 Å². The fourth-order valence-corrected chi connectivity index (χ4v) is 5.22. The molecule has 0 spiro atoms. The van der Waals surface area contributed by atoms with E-state index in [1.54, 1.807) is 0 Å². The highest BCUT2D eigenvalue weighted by atomic mass is 16.5. The van der Waals surface area contributed by atoms with Crippen LogP contribution in [-0.2, 0) is 11.3 Å². The molecule has 5 nitrogen and oxygen atoms in total. The van der Waals surface area contributed by atoms with E-state index in [4.69, 9.17) is 14.1 Å². The number of rotatable bonds is 6. The topological polar surface area (TPSA) is 41.7 Å². The quantitative estimate of drug-likeness (QED) is 0.518. The van der Waals surface area contributed by atoms with Gasteiger partial charge >= 0.3 is 0 Å². The molecule has 5 rings (SSSR count). The number of ether oxygens (including phenoxy) is 1. The molecule has 0 amide bonds. The molecule has 33 heavy (non-hydrogen) atoms. The van der Waals surface area contributed by atoms with Crippen LogP contribution in [0.15, 0.2) is 59.0 Å². The van der Waals surface area contributed by atoms with Crippen molar-refractivity contribution >= 4 is 0 Å². The van der Waals surface area contributed by atoms with E-state index in [1.165, 1.54) is 24.0 Å². The molecule has 0 aliphatic carbocycles. The van der Waals surface area contributed by atoms with E-state index in [1.807, 2.05) is 13.0 Å². The first kappa shape index (κ1) is 22.3. The number of aromatic nitrogens is 1. The largest absolute Gasteiger partial charge is 0.441 e. The monoisotopic (exact) mass is 445 g/mol. The third-order valence-corrected chi connectivity index (χ3v) is 7.44. The second-order valence-corrected chi connectivity index (χ2v) is 9.47. The summed E-state index contributed by atoms with van der Waals surface area (Å²) >= 11 is 0. The van der Waals surface area contributed by atoms with Gasteiger partial charge in [-0.05, 0) is 69.0 Å². The Hall–Kier alpha value is -2.47. The smallest absolute Gasteiger partial charge is 0.226 e. The second kappa shape index (κ2) is 10.2. The zero-order chi connectivity index (χ0) is 22.6. The van der Waals surface area contributed by atoms with Gasteiger partial charge in [-0.3, -0.25) is 9.80 Å². The predicted octanol–water partition coefficient (Wildman–Crippen LogP) is 5.25. The molecule has 2 aromatic carbocycles. The standard InChI is InChI=1S/C28H35N3O2/c1-21(31-16-18-32-19-17-31)23-12-14-30(15-13-23)20-27-22(2)33-28(29-27)26-10-8-25(9-11-26)24-6-4-3-5-7-24/h3-11,21,23H,12-20H2,1-2H3. The van der Waals surface area contributed by atoms with Crippen molar-refractivity contribution in [2.75, 3.05) is 39.4 Å². The number of morpholine rings is 1. The third-order valence-electron chi connectivity index (χ3n) is 7.44. The first-order valence-corrected chi connectivity index (χ1v) is 12.3. The Morgan fingerprint density at radius 1 is 0.879 bits per heavy atom. The van der Waals surface area contributed by atoms with E-state index >= 15 is 0 Å². The summed E-state index contributed by atoms with van der Waals surface area (Å²) in [6.07, 6.45) is 2.51. The van der Waals surface area contributed by atoms with Crippen LogP contribution in [0.25, 0.3) is 22.6 Å². The number of aryl methyl sites for hydroxylation is 1. The van der Waals surface area contributed by atoms with Crippen LogP contribution in [0.5, 0.6) is 0 Å². The Morgan fingerprint density at radius 3 is 2.21 bits per heavy atom. The van der Waals surface area contributed by atoms with E-state index in [-0.39, 0.29) is 0 Å². The van der Waals surface area contributed by atoms with Crippen LogP contribution in [0.4, 0.5) is 0 Å². The van der Waals surface area contributed by atoms with Gasteiger partial charge in [-0.1, -0.05) is 42.5 Å². The molecule has 3 aromatic rings. The lowest BCUT2D eigenvalue weighted by atomic mass is 9.89. The predicted molar refractivity (Wildman–Crippen MR) is 132 cm³/mol. The van der Waals surface area contributed by atoms with Crippen LogP contribution in [0.2, 0.25) is 0 Å². The third kappa shape index (κ3) is 5.21. The fourth-order valence-electron chi connectivity index (χ4n) is 5.22. The van der Waals surface area contributed by atoms with Crippen molar-refractivity contribution in [1.29, 1.82) is 0 Å². The van der Waals surface area contributed by atoms with Crippen molar-refractivity contribution in [3.8, 4) is 22.6 Å². The molecule has 3 heterocycles. The Bertz CT molecular complexity index is 1020. The molecule has 0 radical (unpaired) electrons. The van der Waals surface area contributed by atoms with Crippen LogP contribution in [0.1, 0.15) is 31.2 Å². The number of piperidine rings is 1. The van der Waals surface area contributed by atoms with Gasteiger partial charge in [0.05, 0.1) is 18.9 Å². The Balaban J connectivity index is 1.18. The highest BCUT2D eigenvalue weighted by Gasteiger charge is 2.29. The normalized spacial score (nSPS) is 19.6. The van der Waals surface area contributed by atoms with E-state index in [2.05, 4.69) is 65.3 Å². The summed E-state index contributed by atoms with van der Waals surface area (Å²) in [4.78, 5) is 10.0. The van der Waals surface area contributed by atoms with Gasteiger partial charge in [-0.2, -0.15) is 0 Å². The number of oxazole rings is 1. The number of benzene rings is 2. The van der Waals surface area contributed by atoms with Gasteiger partial charge in [0.1, 0.15) is 5.76 Å². The summed E-state index contributed by atoms with van der Waals surface area (Å²) < 4.78 is 11.6. The lowest BCUT2D eigenvalue weighted by Gasteiger charge is -2.40. The zero-order valence-corrected chi connectivity index (χ0v) is 19.9. The molecule has 1 aromatic heterocycles. The number of hydrogen-bond acceptors (Lipinski definition) is 5. The zero-order valence-electron chi connectivity index (χ0n) is 19.9. The van der Waals surface area contributed by atoms with Crippen molar-refractivity contribution in [3.63, 3.8) is 0 Å². The summed E-state index contributed by atoms with van der Waals surface area (Å²) in [6, 6.07) is 19.6. The maximum Gasteiger partial charge on any atom is 0.226 e. The Morgan fingerprint density at radius 2 is 1.52 bits per heavy atom. The summed E-state index contributed by atoms with van der Waals surface area (Å²) in [5, 5.41) is 0. The van der Waals surface area contributed by atoms with Gasteiger partial charge in [0.25, 0.3) is 0 Å². The van der Waals surface area contributed by atoms with Crippen LogP contribution in [-0.4, -0.2) is 60.2 Å². The highest BCUT2D eigenvalue weighted by molar-refractivity contribution is 5.67. The molecule has 2 aliphatic heterocycles. The van der Waals surface area contributed by atoms with E-state index in [0.29, 0.717) is 6.04 Å². The molecule has 1 unspecified atom stereocenters. The van der Waals surface area contributed by atoms with Gasteiger partial charge in [0.15, 0.2) is 0 Å². The first-order chi connectivity index (χ1) is 16.2. The van der Waals surface area contributed by atoms with Crippen LogP contribution >= 0.6 is 0 Å². The lowest BCUT2D eigenvalue weighted by Crippen LogP contribution is -2.48. The van der Waals surface area contributed by atoms with Crippen LogP contribution in [0, 0.1) is 12.8 Å². The SMILES string of the molecule is Cc1oc(-c2ccc(-c3ccccc3)cc2)nc1CN1CCC(C(C)N2CCOCC2)CC1. The summed E-state index contributed by atoms with van der Waals surface area (Å²) in [6.45, 7) is 11.5. The highest BCUT2D eigenvalue weighted by Crippen LogP contribution is 2.28. The summed E-state index contributed by atoms with van der Waals surface area (Å²) in [7, 11) is 0. The van der Waals surface area contributed by atoms with Crippen molar-refractivity contribution in [2.24, 2.45) is 5.92 Å². The maximum absolute atomic E-state index is 6.07. The molecule has 0 bridgehead atoms. The lowest BCUT2D eigenvalue weighted by molar-refractivity contribution is -0.00199. The van der Waals surface area contributed by atoms with E-state index < -0.39 is 0 Å². The minimum absolute atomic E-state index is 0.648. The molecule has 2 saturated heterocycles. The molecule has 1 atom stereocenters. The van der Waals surface area contributed by atoms with Crippen LogP contribution < -0.4 is 0 Å². The molecule has 5 heteroatoms. The van der Waals surface area contributed by atoms with Gasteiger partial charge in [-0.25, -0.2) is 4.98 Å². The average molecular weight is 446 g/mol. The Labute approximate surface area is 197 Å². The molecule has 2 aliphatic rings. The van der Waals surface area contributed by atoms with Gasteiger partial charge in [0, 0.05) is 31.2 Å². The molecular formula is C28H35N3O2. The summed E-state index contributed by atoms with van der Waals surface area (Å²) in [5.41, 5.74) is 4.52. The molecule has 0 saturated carbocycles. The second-order valence-electron chi connectivity index (χ2n) is 9.47. The minimum atomic E-state index is 0.648. The number of nitrogens with zero attached hydrogens (tertiary/aromatic N) is 3. The van der Waals surface area contributed by atoms with Crippen molar-refractivity contribution in [2.45, 2.75) is 39.3 Å². The van der Waals surface area contributed by atoms with Gasteiger partial charge in [-0.15, -0.1) is 0 Å². The number of likely N-dealkylation sites (tertiary alicyclic amines) is 1. The van der Waals surface area contributed by atoms with Crippen molar-refractivity contribution < 1.29 is 9.15 Å². The molecule has 0 N–H and O–H groups in total. The van der Waals surface area contributed by atoms with E-state index in [9.17, 15) is 0 Å². The van der Waals surface area contributed by atoms with Crippen LogP contribution in [0.3, 0.4) is 0 Å². The van der Waals surface area contributed by atoms with E-state index in [0.717, 1.165) is 74.8 Å². The van der Waals surface area contributed by atoms with Crippen molar-refractivity contribution in [1.82, 2.24) is 14.8 Å². The molecular weight excluding hydrogens is 410 g/mol. The first-order valence-electron chi connectivity index (χ1n) is 12.3. The molecule has 2 fully saturated rings. The Kier molecular flexibility index (Phi) is 6.91. The number of hydrogen-bond donors (Lipinski definition) is 0. The van der Waals surface area contributed by atoms with Gasteiger partial charge in [0.2, 0.25) is 5.89 Å². The maximum atomic E-state index is 6.07. The fraction of sp³-hybridized carbons (Fsp3) is 0.464. The van der Waals surface area contributed by atoms with Gasteiger partial charge < -0.3 is 9.15 Å².